The van der Waals surface area contributed by atoms with Gasteiger partial charge in [-0.1, -0.05) is 6.92 Å². The predicted octanol–water partition coefficient (Wildman–Crippen LogP) is 2.49. The van der Waals surface area contributed by atoms with Crippen molar-refractivity contribution in [2.75, 3.05) is 0 Å². The van der Waals surface area contributed by atoms with Gasteiger partial charge in [-0.05, 0) is 18.9 Å². The zero-order valence-corrected chi connectivity index (χ0v) is 5.23. The highest BCUT2D eigenvalue weighted by Gasteiger charge is 1.74. The second kappa shape index (κ2) is 4.28. The van der Waals surface area contributed by atoms with Crippen molar-refractivity contribution in [2.45, 2.75) is 20.3 Å². The molecule has 2 nitrogen and oxygen atoms in total. The van der Waals surface area contributed by atoms with Gasteiger partial charge in [0.25, 0.3) is 0 Å². The van der Waals surface area contributed by atoms with Gasteiger partial charge in [0.15, 0.2) is 0 Å². The molecule has 0 saturated carbocycles. The molecule has 8 heavy (non-hydrogen) atoms. The summed E-state index contributed by atoms with van der Waals surface area (Å²) < 4.78 is 0. The largest absolute Gasteiger partial charge is 0.204 e. The molecule has 0 aromatic carbocycles. The molecule has 44 valence electrons. The molecule has 0 atom stereocenters. The fraction of sp³-hybridized carbons (Fsp3) is 0.500. The van der Waals surface area contributed by atoms with E-state index >= 15 is 0 Å². The molecule has 0 aromatic rings. The number of nitrogens with one attached hydrogen (secondary N) is 1. The van der Waals surface area contributed by atoms with Crippen molar-refractivity contribution in [3.63, 3.8) is 0 Å². The van der Waals surface area contributed by atoms with Crippen LogP contribution in [0.25, 0.3) is 0 Å². The summed E-state index contributed by atoms with van der Waals surface area (Å²) in [6, 6.07) is 0. The molecule has 0 radical (unpaired) electrons. The van der Waals surface area contributed by atoms with Crippen LogP contribution in [0.15, 0.2) is 22.6 Å². The van der Waals surface area contributed by atoms with E-state index in [4.69, 9.17) is 5.53 Å². The lowest BCUT2D eigenvalue weighted by Crippen LogP contribution is -1.62. The van der Waals surface area contributed by atoms with Crippen molar-refractivity contribution in [3.8, 4) is 0 Å². The molecule has 0 aliphatic carbocycles. The lowest BCUT2D eigenvalue weighted by atomic mass is 10.3. The lowest BCUT2D eigenvalue weighted by molar-refractivity contribution is 1.09. The Labute approximate surface area is 49.4 Å². The number of hydrogen-bond acceptors (Lipinski definition) is 2. The Balaban J connectivity index is 3.90. The Bertz CT molecular complexity index is 129. The first-order valence-corrected chi connectivity index (χ1v) is 2.58. The third-order valence-electron chi connectivity index (χ3n) is 0.906. The van der Waals surface area contributed by atoms with Crippen molar-refractivity contribution in [1.82, 2.24) is 0 Å². The van der Waals surface area contributed by atoms with Crippen LogP contribution in [0, 0.1) is 5.53 Å². The number of nitrogens with zero attached hydrogens (tertiary/aromatic N) is 1. The van der Waals surface area contributed by atoms with Crippen molar-refractivity contribution in [2.24, 2.45) is 5.11 Å². The van der Waals surface area contributed by atoms with Gasteiger partial charge in [-0.25, -0.2) is 5.53 Å². The van der Waals surface area contributed by atoms with E-state index in [1.54, 1.807) is 0 Å². The monoisotopic (exact) mass is 110 g/mol. The molecule has 0 saturated heterocycles. The zero-order valence-electron chi connectivity index (χ0n) is 5.23. The van der Waals surface area contributed by atoms with Crippen LogP contribution in [-0.4, -0.2) is 0 Å². The van der Waals surface area contributed by atoms with Gasteiger partial charge in [0.1, 0.15) is 0 Å². The van der Waals surface area contributed by atoms with Crippen LogP contribution in [0.3, 0.4) is 0 Å². The normalized spacial score (nSPS) is 7.25. The Kier molecular flexibility index (Phi) is 3.81. The van der Waals surface area contributed by atoms with Crippen LogP contribution >= 0.6 is 0 Å². The average Bonchev–Trinajstić information content (AvgIpc) is 1.83. The minimum absolute atomic E-state index is 0.978. The molecular formula is C6H10N2. The lowest BCUT2D eigenvalue weighted by Gasteiger charge is -1.81. The fourth-order valence-corrected chi connectivity index (χ4v) is 0.245. The topological polar surface area (TPSA) is 36.2 Å². The Morgan fingerprint density at radius 2 is 2.50 bits per heavy atom. The predicted molar refractivity (Wildman–Crippen MR) is 32.7 cm³/mol. The summed E-state index contributed by atoms with van der Waals surface area (Å²) in [5.41, 5.74) is 10.3. The summed E-state index contributed by atoms with van der Waals surface area (Å²) in [5, 5.41) is 3.02. The van der Waals surface area contributed by atoms with E-state index in [9.17, 15) is 0 Å². The van der Waals surface area contributed by atoms with Crippen LogP contribution < -0.4 is 0 Å². The minimum Gasteiger partial charge on any atom is -0.204 e. The maximum Gasteiger partial charge on any atom is 0.0907 e. The quantitative estimate of drug-likeness (QED) is 0.419. The highest BCUT2D eigenvalue weighted by molar-refractivity contribution is 4.95. The first-order valence-electron chi connectivity index (χ1n) is 2.58. The van der Waals surface area contributed by atoms with Crippen LogP contribution in [-0.2, 0) is 0 Å². The molecule has 0 aromatic heterocycles. The summed E-state index contributed by atoms with van der Waals surface area (Å²) in [6.07, 6.45) is 2.34. The van der Waals surface area contributed by atoms with Crippen LogP contribution in [0.1, 0.15) is 20.3 Å². The van der Waals surface area contributed by atoms with E-state index < -0.39 is 0 Å². The summed E-state index contributed by atoms with van der Waals surface area (Å²) in [7, 11) is 0. The first kappa shape index (κ1) is 7.12. The summed E-state index contributed by atoms with van der Waals surface area (Å²) >= 11 is 0. The van der Waals surface area contributed by atoms with Crippen molar-refractivity contribution < 1.29 is 0 Å². The van der Waals surface area contributed by atoms with Gasteiger partial charge >= 0.3 is 0 Å². The van der Waals surface area contributed by atoms with Crippen LogP contribution in [0.4, 0.5) is 0 Å². The molecule has 0 bridgehead atoms. The van der Waals surface area contributed by atoms with Crippen molar-refractivity contribution in [1.29, 1.82) is 5.53 Å². The Morgan fingerprint density at radius 1 is 1.88 bits per heavy atom. The molecule has 2 heteroatoms. The molecule has 1 N–H and O–H groups in total. The van der Waals surface area contributed by atoms with Gasteiger partial charge in [-0.3, -0.25) is 0 Å². The smallest absolute Gasteiger partial charge is 0.0907 e. The second-order valence-corrected chi connectivity index (χ2v) is 1.54. The molecule has 0 heterocycles. The van der Waals surface area contributed by atoms with Gasteiger partial charge in [0.2, 0.25) is 0 Å². The number of hydrogen-bond donors (Lipinski definition) is 1. The summed E-state index contributed by atoms with van der Waals surface area (Å²) in [4.78, 5) is 0. The van der Waals surface area contributed by atoms with E-state index in [0.29, 0.717) is 0 Å². The van der Waals surface area contributed by atoms with Crippen LogP contribution in [0.5, 0.6) is 0 Å². The van der Waals surface area contributed by atoms with Gasteiger partial charge in [0, 0.05) is 0 Å². The Morgan fingerprint density at radius 3 is 2.88 bits per heavy atom. The van der Waals surface area contributed by atoms with Gasteiger partial charge < -0.3 is 0 Å². The molecule has 0 unspecified atom stereocenters. The molecule has 0 rings (SSSR count). The van der Waals surface area contributed by atoms with E-state index in [1.807, 2.05) is 13.8 Å². The third-order valence-corrected chi connectivity index (χ3v) is 0.906. The molecule has 0 aliphatic heterocycles. The molecular weight excluding hydrogens is 100 g/mol. The molecule has 0 fully saturated rings. The fourth-order valence-electron chi connectivity index (χ4n) is 0.245. The zero-order chi connectivity index (χ0) is 6.41. The Hall–Kier alpha value is -0.880. The summed E-state index contributed by atoms with van der Waals surface area (Å²) in [5.74, 6) is 0. The van der Waals surface area contributed by atoms with E-state index in [1.165, 1.54) is 6.20 Å². The number of rotatable bonds is 2. The third kappa shape index (κ3) is 3.32. The average molecular weight is 110 g/mol. The van der Waals surface area contributed by atoms with E-state index in [0.717, 1.165) is 12.0 Å². The van der Waals surface area contributed by atoms with E-state index in [2.05, 4.69) is 10.8 Å². The van der Waals surface area contributed by atoms with Crippen molar-refractivity contribution >= 4 is 0 Å². The molecule has 0 spiro atoms. The first-order chi connectivity index (χ1) is 3.81. The van der Waals surface area contributed by atoms with Gasteiger partial charge in [-0.15, -0.1) is 5.73 Å². The molecule has 0 amide bonds. The maximum absolute atomic E-state index is 6.36. The molecule has 0 aliphatic rings. The van der Waals surface area contributed by atoms with Crippen molar-refractivity contribution in [3.05, 3.63) is 17.5 Å². The van der Waals surface area contributed by atoms with E-state index in [-0.39, 0.29) is 0 Å². The minimum atomic E-state index is 0.978. The summed E-state index contributed by atoms with van der Waals surface area (Å²) in [6.45, 7) is 4.00. The standard InChI is InChI=1S/C6H10N2/c1-3-6(2)4-5-8-7/h5,7H,3H2,1-2H3. The van der Waals surface area contributed by atoms with Crippen LogP contribution in [0.2, 0.25) is 0 Å². The second-order valence-electron chi connectivity index (χ2n) is 1.54. The van der Waals surface area contributed by atoms with Gasteiger partial charge in [0.05, 0.1) is 6.20 Å². The SMILES string of the molecule is CCC(C)=C=CN=N. The number of allylic oxidation sites excluding steroid dienone is 1. The van der Waals surface area contributed by atoms with Gasteiger partial charge in [-0.2, -0.15) is 5.11 Å². The highest BCUT2D eigenvalue weighted by Crippen LogP contribution is 1.93. The maximum atomic E-state index is 6.36. The highest BCUT2D eigenvalue weighted by atomic mass is 14.9.